The fraction of sp³-hybridized carbons (Fsp3) is 0.167. The quantitative estimate of drug-likeness (QED) is 0.623. The fourth-order valence-electron chi connectivity index (χ4n) is 1.45. The molecule has 0 fully saturated rings. The number of hydrogen-bond acceptors (Lipinski definition) is 1. The van der Waals surface area contributed by atoms with Crippen LogP contribution in [-0.2, 0) is 0 Å². The first-order valence-corrected chi connectivity index (χ1v) is 7.26. The van der Waals surface area contributed by atoms with Crippen LogP contribution in [0.2, 0.25) is 0 Å². The van der Waals surface area contributed by atoms with Crippen LogP contribution in [0.15, 0.2) is 34.8 Å². The number of thiophene rings is 1. The van der Waals surface area contributed by atoms with Gasteiger partial charge in [0.15, 0.2) is 0 Å². The summed E-state index contributed by atoms with van der Waals surface area (Å²) in [7, 11) is 0. The van der Waals surface area contributed by atoms with Crippen molar-refractivity contribution in [1.29, 1.82) is 0 Å². The molecular weight excluding hydrogens is 355 g/mol. The molecule has 16 heavy (non-hydrogen) atoms. The molecule has 1 aromatic carbocycles. The predicted octanol–water partition coefficient (Wildman–Crippen LogP) is 5.44. The topological polar surface area (TPSA) is 0 Å². The summed E-state index contributed by atoms with van der Waals surface area (Å²) in [5.74, 6) is -0.192. The van der Waals surface area contributed by atoms with Crippen LogP contribution in [-0.4, -0.2) is 0 Å². The molecule has 4 heteroatoms. The molecule has 0 N–H and O–H groups in total. The first-order chi connectivity index (χ1) is 7.58. The van der Waals surface area contributed by atoms with Crippen LogP contribution in [0.5, 0.6) is 0 Å². The fourth-order valence-corrected chi connectivity index (χ4v) is 3.46. The zero-order valence-corrected chi connectivity index (χ0v) is 12.5. The summed E-state index contributed by atoms with van der Waals surface area (Å²) in [6.07, 6.45) is 0. The average Bonchev–Trinajstić information content (AvgIpc) is 2.64. The normalized spacial score (nSPS) is 12.8. The van der Waals surface area contributed by atoms with E-state index in [4.69, 9.17) is 0 Å². The van der Waals surface area contributed by atoms with Gasteiger partial charge in [-0.05, 0) is 31.2 Å². The molecule has 1 aromatic heterocycles. The Morgan fingerprint density at radius 3 is 2.56 bits per heavy atom. The van der Waals surface area contributed by atoms with Crippen molar-refractivity contribution in [3.05, 3.63) is 55.9 Å². The van der Waals surface area contributed by atoms with E-state index in [9.17, 15) is 4.39 Å². The van der Waals surface area contributed by atoms with Gasteiger partial charge in [-0.1, -0.05) is 37.9 Å². The summed E-state index contributed by atoms with van der Waals surface area (Å²) in [5, 5.41) is 0. The molecule has 0 saturated carbocycles. The molecule has 0 nitrogen and oxygen atoms in total. The number of hydrogen-bond donors (Lipinski definition) is 0. The molecule has 84 valence electrons. The molecule has 1 heterocycles. The van der Waals surface area contributed by atoms with Gasteiger partial charge in [0, 0.05) is 19.8 Å². The highest BCUT2D eigenvalue weighted by Gasteiger charge is 2.16. The van der Waals surface area contributed by atoms with E-state index < -0.39 is 0 Å². The maximum absolute atomic E-state index is 13.7. The molecular formula is C12H9Br2FS. The van der Waals surface area contributed by atoms with Gasteiger partial charge in [0.25, 0.3) is 0 Å². The lowest BCUT2D eigenvalue weighted by molar-refractivity contribution is 0.613. The van der Waals surface area contributed by atoms with Crippen molar-refractivity contribution in [2.45, 2.75) is 11.8 Å². The Hall–Kier alpha value is -0.190. The van der Waals surface area contributed by atoms with Crippen molar-refractivity contribution in [3.63, 3.8) is 0 Å². The molecule has 1 atom stereocenters. The number of alkyl halides is 1. The first kappa shape index (κ1) is 12.3. The van der Waals surface area contributed by atoms with Crippen LogP contribution in [0.25, 0.3) is 0 Å². The lowest BCUT2D eigenvalue weighted by Gasteiger charge is -2.09. The number of halogens is 3. The van der Waals surface area contributed by atoms with E-state index in [2.05, 4.69) is 31.9 Å². The van der Waals surface area contributed by atoms with Crippen LogP contribution in [0.4, 0.5) is 4.39 Å². The van der Waals surface area contributed by atoms with Crippen LogP contribution >= 0.6 is 43.2 Å². The van der Waals surface area contributed by atoms with Crippen molar-refractivity contribution in [2.75, 3.05) is 0 Å². The standard InChI is InChI=1S/C12H9Br2FS/c1-7-2-5-11(16-7)12(14)9-4-3-8(13)6-10(9)15/h2-6,12H,1H3. The van der Waals surface area contributed by atoms with E-state index in [1.54, 1.807) is 17.4 Å². The molecule has 0 saturated heterocycles. The third kappa shape index (κ3) is 2.55. The van der Waals surface area contributed by atoms with Crippen molar-refractivity contribution in [3.8, 4) is 0 Å². The van der Waals surface area contributed by atoms with Gasteiger partial charge in [-0.25, -0.2) is 4.39 Å². The van der Waals surface area contributed by atoms with Gasteiger partial charge in [-0.3, -0.25) is 0 Å². The van der Waals surface area contributed by atoms with E-state index in [-0.39, 0.29) is 10.6 Å². The van der Waals surface area contributed by atoms with E-state index >= 15 is 0 Å². The van der Waals surface area contributed by atoms with Gasteiger partial charge < -0.3 is 0 Å². The minimum atomic E-state index is -0.192. The van der Waals surface area contributed by atoms with Crippen LogP contribution in [0.1, 0.15) is 20.1 Å². The largest absolute Gasteiger partial charge is 0.207 e. The second-order valence-corrected chi connectivity index (χ2v) is 6.63. The summed E-state index contributed by atoms with van der Waals surface area (Å²) in [6, 6.07) is 9.22. The van der Waals surface area contributed by atoms with Gasteiger partial charge in [0.2, 0.25) is 0 Å². The summed E-state index contributed by atoms with van der Waals surface area (Å²) < 4.78 is 14.5. The molecule has 0 aliphatic rings. The molecule has 0 spiro atoms. The average molecular weight is 364 g/mol. The van der Waals surface area contributed by atoms with Gasteiger partial charge in [-0.15, -0.1) is 11.3 Å². The van der Waals surface area contributed by atoms with Crippen molar-refractivity contribution in [1.82, 2.24) is 0 Å². The van der Waals surface area contributed by atoms with Crippen molar-refractivity contribution < 1.29 is 4.39 Å². The SMILES string of the molecule is Cc1ccc(C(Br)c2ccc(Br)cc2F)s1. The van der Waals surface area contributed by atoms with Crippen molar-refractivity contribution in [2.24, 2.45) is 0 Å². The van der Waals surface area contributed by atoms with Gasteiger partial charge in [0.1, 0.15) is 5.82 Å². The Morgan fingerprint density at radius 1 is 1.25 bits per heavy atom. The Bertz CT molecular complexity index is 507. The smallest absolute Gasteiger partial charge is 0.129 e. The van der Waals surface area contributed by atoms with Crippen LogP contribution in [0.3, 0.4) is 0 Å². The van der Waals surface area contributed by atoms with Crippen molar-refractivity contribution >= 4 is 43.2 Å². The lowest BCUT2D eigenvalue weighted by atomic mass is 10.1. The maximum Gasteiger partial charge on any atom is 0.129 e. The zero-order chi connectivity index (χ0) is 11.7. The number of aryl methyl sites for hydroxylation is 1. The van der Waals surface area contributed by atoms with Gasteiger partial charge in [0.05, 0.1) is 4.83 Å². The molecule has 0 aliphatic carbocycles. The minimum Gasteiger partial charge on any atom is -0.207 e. The monoisotopic (exact) mass is 362 g/mol. The van der Waals surface area contributed by atoms with E-state index in [1.165, 1.54) is 10.9 Å². The Labute approximate surface area is 115 Å². The van der Waals surface area contributed by atoms with E-state index in [0.717, 1.165) is 9.35 Å². The zero-order valence-electron chi connectivity index (χ0n) is 8.51. The highest BCUT2D eigenvalue weighted by atomic mass is 79.9. The van der Waals surface area contributed by atoms with Crippen LogP contribution < -0.4 is 0 Å². The Morgan fingerprint density at radius 2 is 2.00 bits per heavy atom. The van der Waals surface area contributed by atoms with Crippen LogP contribution in [0, 0.1) is 12.7 Å². The number of rotatable bonds is 2. The Kier molecular flexibility index (Phi) is 3.82. The highest BCUT2D eigenvalue weighted by Crippen LogP contribution is 2.36. The van der Waals surface area contributed by atoms with Gasteiger partial charge >= 0.3 is 0 Å². The van der Waals surface area contributed by atoms with E-state index in [1.807, 2.05) is 25.1 Å². The second-order valence-electron chi connectivity index (χ2n) is 3.48. The third-order valence-corrected chi connectivity index (χ3v) is 5.09. The minimum absolute atomic E-state index is 0.0701. The summed E-state index contributed by atoms with van der Waals surface area (Å²) >= 11 is 8.47. The molecule has 2 aromatic rings. The number of benzene rings is 1. The molecule has 2 rings (SSSR count). The summed E-state index contributed by atoms with van der Waals surface area (Å²) in [4.78, 5) is 2.29. The highest BCUT2D eigenvalue weighted by molar-refractivity contribution is 9.10. The second kappa shape index (κ2) is 4.98. The summed E-state index contributed by atoms with van der Waals surface area (Å²) in [5.41, 5.74) is 0.671. The van der Waals surface area contributed by atoms with Gasteiger partial charge in [-0.2, -0.15) is 0 Å². The molecule has 0 radical (unpaired) electrons. The molecule has 1 unspecified atom stereocenters. The molecule has 0 aliphatic heterocycles. The first-order valence-electron chi connectivity index (χ1n) is 4.73. The Balaban J connectivity index is 2.37. The summed E-state index contributed by atoms with van der Waals surface area (Å²) in [6.45, 7) is 2.05. The van der Waals surface area contributed by atoms with E-state index in [0.29, 0.717) is 5.56 Å². The lowest BCUT2D eigenvalue weighted by Crippen LogP contribution is -1.94. The predicted molar refractivity (Wildman–Crippen MR) is 73.9 cm³/mol. The molecule has 0 amide bonds. The third-order valence-electron chi connectivity index (χ3n) is 2.25. The maximum atomic E-state index is 13.7. The molecule has 0 bridgehead atoms.